The molecule has 0 aliphatic heterocycles. The lowest BCUT2D eigenvalue weighted by atomic mass is 10.1. The molecule has 2 heterocycles. The van der Waals surface area contributed by atoms with Gasteiger partial charge in [-0.15, -0.1) is 10.2 Å². The van der Waals surface area contributed by atoms with Crippen LogP contribution in [0, 0.1) is 12.8 Å². The van der Waals surface area contributed by atoms with Gasteiger partial charge in [-0.1, -0.05) is 13.8 Å². The van der Waals surface area contributed by atoms with E-state index in [0.29, 0.717) is 43.6 Å². The number of nitrogens with one attached hydrogen (secondary N) is 2. The maximum atomic E-state index is 11.8. The summed E-state index contributed by atoms with van der Waals surface area (Å²) in [5, 5.41) is 14.9. The van der Waals surface area contributed by atoms with Gasteiger partial charge in [0.1, 0.15) is 18.2 Å². The van der Waals surface area contributed by atoms with Crippen molar-refractivity contribution < 1.29 is 14.3 Å². The number of aryl methyl sites for hydroxylation is 1. The fourth-order valence-corrected chi connectivity index (χ4v) is 3.40. The third-order valence-corrected chi connectivity index (χ3v) is 5.18. The Morgan fingerprint density at radius 3 is 2.75 bits per heavy atom. The number of hydrogen-bond donors (Lipinski definition) is 2. The predicted octanol–water partition coefficient (Wildman–Crippen LogP) is 3.36. The molecule has 0 saturated heterocycles. The first-order chi connectivity index (χ1) is 15.5. The second-order valence-electron chi connectivity index (χ2n) is 8.27. The van der Waals surface area contributed by atoms with Crippen molar-refractivity contribution in [1.82, 2.24) is 24.9 Å². The number of aromatic nitrogens is 4. The summed E-state index contributed by atoms with van der Waals surface area (Å²) in [6.07, 6.45) is 3.32. The molecule has 1 amide bonds. The molecule has 9 heteroatoms. The van der Waals surface area contributed by atoms with E-state index in [1.807, 2.05) is 29.5 Å². The van der Waals surface area contributed by atoms with E-state index in [0.717, 1.165) is 48.4 Å². The Morgan fingerprint density at radius 2 is 1.97 bits per heavy atom. The highest BCUT2D eigenvalue weighted by atomic mass is 16.5. The fraction of sp³-hybridized carbons (Fsp3) is 0.565. The Labute approximate surface area is 188 Å². The highest BCUT2D eigenvalue weighted by molar-refractivity contribution is 5.84. The summed E-state index contributed by atoms with van der Waals surface area (Å²) < 4.78 is 12.8. The van der Waals surface area contributed by atoms with Crippen molar-refractivity contribution >= 4 is 28.4 Å². The van der Waals surface area contributed by atoms with Crippen LogP contribution in [0.1, 0.15) is 45.4 Å². The van der Waals surface area contributed by atoms with Gasteiger partial charge in [0.25, 0.3) is 0 Å². The van der Waals surface area contributed by atoms with E-state index < -0.39 is 0 Å². The topological polar surface area (TPSA) is 103 Å². The van der Waals surface area contributed by atoms with Gasteiger partial charge in [0.05, 0.1) is 17.6 Å². The zero-order chi connectivity index (χ0) is 22.9. The van der Waals surface area contributed by atoms with E-state index in [1.165, 1.54) is 0 Å². The molecule has 9 nitrogen and oxygen atoms in total. The molecule has 2 aromatic heterocycles. The highest BCUT2D eigenvalue weighted by Crippen LogP contribution is 2.25. The van der Waals surface area contributed by atoms with Gasteiger partial charge in [-0.25, -0.2) is 4.98 Å². The molecule has 0 radical (unpaired) electrons. The van der Waals surface area contributed by atoms with Gasteiger partial charge in [-0.05, 0) is 44.2 Å². The van der Waals surface area contributed by atoms with Crippen LogP contribution in [0.5, 0.6) is 5.75 Å². The van der Waals surface area contributed by atoms with Crippen molar-refractivity contribution in [3.63, 3.8) is 0 Å². The van der Waals surface area contributed by atoms with Crippen LogP contribution in [0.4, 0.5) is 5.82 Å². The Hall–Kier alpha value is -2.94. The molecule has 32 heavy (non-hydrogen) atoms. The first-order valence-corrected chi connectivity index (χ1v) is 11.3. The largest absolute Gasteiger partial charge is 0.491 e. The molecular formula is C23H34N6O3. The van der Waals surface area contributed by atoms with Gasteiger partial charge in [0.15, 0.2) is 5.82 Å². The Balaban J connectivity index is 1.61. The highest BCUT2D eigenvalue weighted by Gasteiger charge is 2.13. The minimum atomic E-state index is 0.132. The first-order valence-electron chi connectivity index (χ1n) is 11.3. The lowest BCUT2D eigenvalue weighted by Crippen LogP contribution is -2.24. The number of anilines is 1. The van der Waals surface area contributed by atoms with Crippen LogP contribution in [0.25, 0.3) is 16.7 Å². The van der Waals surface area contributed by atoms with E-state index in [-0.39, 0.29) is 5.91 Å². The van der Waals surface area contributed by atoms with Crippen LogP contribution in [-0.4, -0.2) is 58.9 Å². The number of amides is 1. The number of unbranched alkanes of at least 4 members (excludes halogenated alkanes) is 1. The summed E-state index contributed by atoms with van der Waals surface area (Å²) in [5.41, 5.74) is 2.43. The number of carbonyl (C=O) groups excluding carboxylic acids is 1. The normalized spacial score (nSPS) is 11.4. The molecule has 0 atom stereocenters. The summed E-state index contributed by atoms with van der Waals surface area (Å²) >= 11 is 0. The number of ether oxygens (including phenoxy) is 2. The lowest BCUT2D eigenvalue weighted by molar-refractivity contribution is -0.121. The average molecular weight is 443 g/mol. The van der Waals surface area contributed by atoms with E-state index in [4.69, 9.17) is 14.5 Å². The average Bonchev–Trinajstić information content (AvgIpc) is 3.16. The summed E-state index contributed by atoms with van der Waals surface area (Å²) in [6.45, 7) is 8.60. The minimum absolute atomic E-state index is 0.132. The van der Waals surface area contributed by atoms with Crippen molar-refractivity contribution in [1.29, 1.82) is 0 Å². The van der Waals surface area contributed by atoms with Gasteiger partial charge in [-0.2, -0.15) is 0 Å². The molecule has 1 aromatic carbocycles. The monoisotopic (exact) mass is 442 g/mol. The second-order valence-corrected chi connectivity index (χ2v) is 8.27. The van der Waals surface area contributed by atoms with Crippen LogP contribution in [0.15, 0.2) is 18.2 Å². The molecule has 0 bridgehead atoms. The molecule has 0 fully saturated rings. The van der Waals surface area contributed by atoms with Crippen LogP contribution in [0.3, 0.4) is 0 Å². The molecule has 0 aliphatic rings. The zero-order valence-corrected chi connectivity index (χ0v) is 19.5. The van der Waals surface area contributed by atoms with Gasteiger partial charge < -0.3 is 20.1 Å². The first kappa shape index (κ1) is 23.7. The SMILES string of the molecule is COCCOc1ccc2c(c1)nc(NCCCCNC(=O)CCC(C)C)c1nnc(C)n12. The predicted molar refractivity (Wildman–Crippen MR) is 125 cm³/mol. The summed E-state index contributed by atoms with van der Waals surface area (Å²) in [4.78, 5) is 16.6. The standard InChI is InChI=1S/C23H34N6O3/c1-16(2)7-10-21(30)24-11-5-6-12-25-22-23-28-27-17(3)29(23)20-9-8-18(15-19(20)26-22)32-14-13-31-4/h8-9,15-16H,5-7,10-14H2,1-4H3,(H,24,30)(H,25,26). The van der Waals surface area contributed by atoms with E-state index in [9.17, 15) is 4.79 Å². The molecule has 0 spiro atoms. The van der Waals surface area contributed by atoms with Crippen LogP contribution < -0.4 is 15.4 Å². The number of rotatable bonds is 13. The Bertz CT molecular complexity index is 1030. The lowest BCUT2D eigenvalue weighted by Gasteiger charge is -2.12. The van der Waals surface area contributed by atoms with Gasteiger partial charge in [-0.3, -0.25) is 9.20 Å². The second kappa shape index (κ2) is 11.6. The molecule has 3 rings (SSSR count). The van der Waals surface area contributed by atoms with Crippen LogP contribution in [0.2, 0.25) is 0 Å². The van der Waals surface area contributed by atoms with Crippen molar-refractivity contribution in [3.05, 3.63) is 24.0 Å². The van der Waals surface area contributed by atoms with Crippen LogP contribution in [-0.2, 0) is 9.53 Å². The Morgan fingerprint density at radius 1 is 1.16 bits per heavy atom. The fourth-order valence-electron chi connectivity index (χ4n) is 3.40. The minimum Gasteiger partial charge on any atom is -0.491 e. The molecule has 0 saturated carbocycles. The van der Waals surface area contributed by atoms with E-state index >= 15 is 0 Å². The quantitative estimate of drug-likeness (QED) is 0.391. The van der Waals surface area contributed by atoms with E-state index in [1.54, 1.807) is 7.11 Å². The summed E-state index contributed by atoms with van der Waals surface area (Å²) in [6, 6.07) is 5.81. The zero-order valence-electron chi connectivity index (χ0n) is 19.5. The summed E-state index contributed by atoms with van der Waals surface area (Å²) in [7, 11) is 1.65. The molecular weight excluding hydrogens is 408 g/mol. The number of carbonyl (C=O) groups is 1. The third kappa shape index (κ3) is 6.29. The maximum absolute atomic E-state index is 11.8. The Kier molecular flexibility index (Phi) is 8.61. The van der Waals surface area contributed by atoms with E-state index in [2.05, 4.69) is 34.7 Å². The maximum Gasteiger partial charge on any atom is 0.220 e. The number of hydrogen-bond acceptors (Lipinski definition) is 7. The van der Waals surface area contributed by atoms with Crippen molar-refractivity contribution in [3.8, 4) is 5.75 Å². The molecule has 2 N–H and O–H groups in total. The molecule has 3 aromatic rings. The molecule has 0 unspecified atom stereocenters. The van der Waals surface area contributed by atoms with Gasteiger partial charge >= 0.3 is 0 Å². The van der Waals surface area contributed by atoms with Gasteiger partial charge in [0.2, 0.25) is 11.6 Å². The van der Waals surface area contributed by atoms with Crippen LogP contribution >= 0.6 is 0 Å². The molecule has 174 valence electrons. The van der Waals surface area contributed by atoms with Crippen molar-refractivity contribution in [2.75, 3.05) is 38.7 Å². The smallest absolute Gasteiger partial charge is 0.220 e. The number of benzene rings is 1. The van der Waals surface area contributed by atoms with Crippen molar-refractivity contribution in [2.45, 2.75) is 46.5 Å². The number of methoxy groups -OCH3 is 1. The van der Waals surface area contributed by atoms with Gasteiger partial charge in [0, 0.05) is 32.7 Å². The summed E-state index contributed by atoms with van der Waals surface area (Å²) in [5.74, 6) is 2.91. The molecule has 0 aliphatic carbocycles. The third-order valence-electron chi connectivity index (χ3n) is 5.18. The number of nitrogens with zero attached hydrogens (tertiary/aromatic N) is 4. The van der Waals surface area contributed by atoms with Crippen molar-refractivity contribution in [2.24, 2.45) is 5.92 Å². The number of fused-ring (bicyclic) bond motifs is 3.